The van der Waals surface area contributed by atoms with E-state index in [2.05, 4.69) is 31.2 Å². The minimum atomic E-state index is -0.237. The van der Waals surface area contributed by atoms with Crippen LogP contribution in [-0.2, 0) is 11.2 Å². The summed E-state index contributed by atoms with van der Waals surface area (Å²) < 4.78 is 15.6. The van der Waals surface area contributed by atoms with Crippen molar-refractivity contribution in [3.8, 4) is 11.3 Å². The fourth-order valence-electron chi connectivity index (χ4n) is 2.64. The first-order valence-corrected chi connectivity index (χ1v) is 12.4. The van der Waals surface area contributed by atoms with Crippen molar-refractivity contribution < 1.29 is 9.18 Å². The van der Waals surface area contributed by atoms with Crippen molar-refractivity contribution in [3.05, 3.63) is 80.8 Å². The van der Waals surface area contributed by atoms with Gasteiger partial charge in [0.25, 0.3) is 0 Å². The quantitative estimate of drug-likeness (QED) is 0.283. The second-order valence-corrected chi connectivity index (χ2v) is 10.4. The zero-order valence-electron chi connectivity index (χ0n) is 15.5. The monoisotopic (exact) mass is 519 g/mol. The maximum Gasteiger partial charge on any atom is 0.236 e. The van der Waals surface area contributed by atoms with Crippen LogP contribution in [0.2, 0.25) is 0 Å². The van der Waals surface area contributed by atoms with Gasteiger partial charge in [0, 0.05) is 32.9 Å². The zero-order chi connectivity index (χ0) is 20.9. The standard InChI is InChI=1S/C21H15BrFN3OS3/c22-15-7-5-13(6-8-15)18-11-28-21(25-18)29-12-19(27)26-20-24-10-16(30-20)9-14-3-1-2-4-17(14)23/h1-8,10-11H,9,12H2,(H,24,26,27). The number of thiazole rings is 2. The first-order chi connectivity index (χ1) is 14.6. The summed E-state index contributed by atoms with van der Waals surface area (Å²) in [5.74, 6) is -0.138. The van der Waals surface area contributed by atoms with Gasteiger partial charge in [-0.1, -0.05) is 58.0 Å². The van der Waals surface area contributed by atoms with E-state index in [0.29, 0.717) is 17.1 Å². The van der Waals surface area contributed by atoms with Crippen molar-refractivity contribution in [2.75, 3.05) is 11.1 Å². The molecule has 2 aromatic carbocycles. The van der Waals surface area contributed by atoms with Crippen LogP contribution in [0.3, 0.4) is 0 Å². The number of thioether (sulfide) groups is 1. The molecular weight excluding hydrogens is 505 g/mol. The Labute approximate surface area is 193 Å². The fourth-order valence-corrected chi connectivity index (χ4v) is 5.39. The van der Waals surface area contributed by atoms with Gasteiger partial charge in [-0.3, -0.25) is 4.79 Å². The van der Waals surface area contributed by atoms with E-state index in [1.165, 1.54) is 40.5 Å². The third-order valence-electron chi connectivity index (χ3n) is 4.07. The van der Waals surface area contributed by atoms with E-state index < -0.39 is 0 Å². The molecule has 1 N–H and O–H groups in total. The highest BCUT2D eigenvalue weighted by molar-refractivity contribution is 9.10. The molecule has 0 radical (unpaired) electrons. The van der Waals surface area contributed by atoms with Gasteiger partial charge in [-0.25, -0.2) is 14.4 Å². The van der Waals surface area contributed by atoms with Crippen LogP contribution in [0.1, 0.15) is 10.4 Å². The topological polar surface area (TPSA) is 54.9 Å². The van der Waals surface area contributed by atoms with Crippen LogP contribution in [0.15, 0.2) is 68.9 Å². The van der Waals surface area contributed by atoms with E-state index >= 15 is 0 Å². The lowest BCUT2D eigenvalue weighted by Gasteiger charge is -2.01. The van der Waals surface area contributed by atoms with E-state index in [9.17, 15) is 9.18 Å². The van der Waals surface area contributed by atoms with Crippen molar-refractivity contribution >= 4 is 61.4 Å². The molecule has 9 heteroatoms. The van der Waals surface area contributed by atoms with Crippen molar-refractivity contribution in [3.63, 3.8) is 0 Å². The molecule has 4 aromatic rings. The number of amides is 1. The predicted molar refractivity (Wildman–Crippen MR) is 126 cm³/mol. The summed E-state index contributed by atoms with van der Waals surface area (Å²) in [6, 6.07) is 14.6. The van der Waals surface area contributed by atoms with E-state index in [-0.39, 0.29) is 17.5 Å². The molecule has 30 heavy (non-hydrogen) atoms. The Morgan fingerprint density at radius 2 is 1.97 bits per heavy atom. The van der Waals surface area contributed by atoms with E-state index in [0.717, 1.165) is 24.9 Å². The molecule has 0 aliphatic heterocycles. The minimum absolute atomic E-state index is 0.146. The number of hydrogen-bond donors (Lipinski definition) is 1. The molecule has 0 unspecified atom stereocenters. The Morgan fingerprint density at radius 3 is 2.77 bits per heavy atom. The second-order valence-electron chi connectivity index (χ2n) is 6.24. The molecule has 1 amide bonds. The minimum Gasteiger partial charge on any atom is -0.301 e. The molecule has 0 atom stereocenters. The number of hydrogen-bond acceptors (Lipinski definition) is 6. The van der Waals surface area contributed by atoms with Gasteiger partial charge < -0.3 is 5.32 Å². The van der Waals surface area contributed by atoms with Gasteiger partial charge in [-0.15, -0.1) is 22.7 Å². The van der Waals surface area contributed by atoms with Crippen LogP contribution in [0.25, 0.3) is 11.3 Å². The molecule has 4 rings (SSSR count). The number of aromatic nitrogens is 2. The summed E-state index contributed by atoms with van der Waals surface area (Å²) in [5.41, 5.74) is 2.55. The molecule has 0 aliphatic rings. The van der Waals surface area contributed by atoms with Crippen molar-refractivity contribution in [2.24, 2.45) is 0 Å². The molecule has 0 saturated carbocycles. The van der Waals surface area contributed by atoms with Gasteiger partial charge >= 0.3 is 0 Å². The second kappa shape index (κ2) is 9.82. The van der Waals surface area contributed by atoms with Crippen LogP contribution in [-0.4, -0.2) is 21.6 Å². The Morgan fingerprint density at radius 1 is 1.17 bits per heavy atom. The first kappa shape index (κ1) is 21.2. The molecule has 0 bridgehead atoms. The fraction of sp³-hybridized carbons (Fsp3) is 0.0952. The molecule has 0 saturated heterocycles. The number of benzene rings is 2. The third kappa shape index (κ3) is 5.54. The van der Waals surface area contributed by atoms with Crippen LogP contribution in [0, 0.1) is 5.82 Å². The molecule has 0 spiro atoms. The van der Waals surface area contributed by atoms with E-state index in [1.807, 2.05) is 29.6 Å². The Hall–Kier alpha value is -2.07. The Balaban J connectivity index is 1.30. The molecular formula is C21H15BrFN3OS3. The zero-order valence-corrected chi connectivity index (χ0v) is 19.5. The highest BCUT2D eigenvalue weighted by Crippen LogP contribution is 2.29. The van der Waals surface area contributed by atoms with E-state index in [4.69, 9.17) is 0 Å². The largest absolute Gasteiger partial charge is 0.301 e. The summed E-state index contributed by atoms with van der Waals surface area (Å²) in [6.07, 6.45) is 2.12. The first-order valence-electron chi connectivity index (χ1n) is 8.89. The van der Waals surface area contributed by atoms with Gasteiger partial charge in [0.1, 0.15) is 5.82 Å². The lowest BCUT2D eigenvalue weighted by Crippen LogP contribution is -2.13. The number of rotatable bonds is 7. The van der Waals surface area contributed by atoms with Crippen LogP contribution in [0.4, 0.5) is 9.52 Å². The molecule has 2 heterocycles. The number of carbonyl (C=O) groups excluding carboxylic acids is 1. The average Bonchev–Trinajstić information content (AvgIpc) is 3.38. The molecule has 0 fully saturated rings. The number of anilines is 1. The highest BCUT2D eigenvalue weighted by Gasteiger charge is 2.11. The van der Waals surface area contributed by atoms with Crippen LogP contribution in [0.5, 0.6) is 0 Å². The normalized spacial score (nSPS) is 10.9. The van der Waals surface area contributed by atoms with Crippen molar-refractivity contribution in [1.82, 2.24) is 9.97 Å². The number of nitrogens with one attached hydrogen (secondary N) is 1. The smallest absolute Gasteiger partial charge is 0.236 e. The highest BCUT2D eigenvalue weighted by atomic mass is 79.9. The van der Waals surface area contributed by atoms with Gasteiger partial charge in [0.2, 0.25) is 5.91 Å². The average molecular weight is 520 g/mol. The summed E-state index contributed by atoms with van der Waals surface area (Å²) in [7, 11) is 0. The maximum atomic E-state index is 13.8. The van der Waals surface area contributed by atoms with Crippen LogP contribution >= 0.6 is 50.4 Å². The Bertz CT molecular complexity index is 1160. The van der Waals surface area contributed by atoms with Crippen molar-refractivity contribution in [2.45, 2.75) is 10.8 Å². The Kier molecular flexibility index (Phi) is 6.93. The lowest BCUT2D eigenvalue weighted by molar-refractivity contribution is -0.113. The number of nitrogens with zero attached hydrogens (tertiary/aromatic N) is 2. The van der Waals surface area contributed by atoms with E-state index in [1.54, 1.807) is 24.4 Å². The van der Waals surface area contributed by atoms with Gasteiger partial charge in [0.15, 0.2) is 9.47 Å². The lowest BCUT2D eigenvalue weighted by atomic mass is 10.1. The summed E-state index contributed by atoms with van der Waals surface area (Å²) in [4.78, 5) is 22.0. The van der Waals surface area contributed by atoms with Crippen LogP contribution < -0.4 is 5.32 Å². The number of halogens is 2. The predicted octanol–water partition coefficient (Wildman–Crippen LogP) is 6.49. The third-order valence-corrected chi connectivity index (χ3v) is 7.53. The summed E-state index contributed by atoms with van der Waals surface area (Å²) >= 11 is 7.68. The van der Waals surface area contributed by atoms with Gasteiger partial charge in [-0.05, 0) is 23.8 Å². The molecule has 0 aliphatic carbocycles. The maximum absolute atomic E-state index is 13.8. The molecule has 2 aromatic heterocycles. The SMILES string of the molecule is O=C(CSc1nc(-c2ccc(Br)cc2)cs1)Nc1ncc(Cc2ccccc2F)s1. The summed E-state index contributed by atoms with van der Waals surface area (Å²) in [6.45, 7) is 0. The molecule has 4 nitrogen and oxygen atoms in total. The van der Waals surface area contributed by atoms with Crippen molar-refractivity contribution in [1.29, 1.82) is 0 Å². The number of carbonyl (C=O) groups is 1. The summed E-state index contributed by atoms with van der Waals surface area (Å²) in [5, 5.41) is 5.30. The molecule has 152 valence electrons. The van der Waals surface area contributed by atoms with Gasteiger partial charge in [-0.2, -0.15) is 0 Å². The van der Waals surface area contributed by atoms with Gasteiger partial charge in [0.05, 0.1) is 11.4 Å².